The first-order valence-corrected chi connectivity index (χ1v) is 8.95. The topological polar surface area (TPSA) is 55.2 Å². The Morgan fingerprint density at radius 1 is 1.14 bits per heavy atom. The second kappa shape index (κ2) is 7.04. The van der Waals surface area contributed by atoms with Crippen molar-refractivity contribution < 1.29 is 17.9 Å². The summed E-state index contributed by atoms with van der Waals surface area (Å²) in [6, 6.07) is 9.40. The molecule has 0 bridgehead atoms. The highest BCUT2D eigenvalue weighted by Crippen LogP contribution is 2.27. The number of hydrogen-bond donors (Lipinski definition) is 1. The zero-order chi connectivity index (χ0) is 19.7. The minimum absolute atomic E-state index is 0.272. The monoisotopic (exact) mass is 405 g/mol. The standard InChI is InChI=1S/C18H14F3N5OS/c1-12-11-17(28-24-12)26-16(8-9-22-26)15-3-2-10-25(23-15)13-4-6-14(7-5-13)27-18(19,20)21/h2-11,23H,1H3. The number of rotatable bonds is 4. The smallest absolute Gasteiger partial charge is 0.406 e. The van der Waals surface area contributed by atoms with Crippen LogP contribution in [0.15, 0.2) is 60.9 Å². The van der Waals surface area contributed by atoms with Gasteiger partial charge in [0, 0.05) is 6.20 Å². The number of benzene rings is 1. The van der Waals surface area contributed by atoms with Crippen LogP contribution >= 0.6 is 11.5 Å². The lowest BCUT2D eigenvalue weighted by Crippen LogP contribution is -2.34. The fourth-order valence-corrected chi connectivity index (χ4v) is 3.40. The number of hydrogen-bond acceptors (Lipinski definition) is 6. The molecule has 0 radical (unpaired) electrons. The number of nitrogens with zero attached hydrogens (tertiary/aromatic N) is 4. The highest BCUT2D eigenvalue weighted by atomic mass is 32.1. The Bertz CT molecular complexity index is 1040. The molecular formula is C18H14F3N5OS. The summed E-state index contributed by atoms with van der Waals surface area (Å²) < 4.78 is 46.9. The van der Waals surface area contributed by atoms with Crippen LogP contribution in [0.2, 0.25) is 0 Å². The van der Waals surface area contributed by atoms with Crippen molar-refractivity contribution in [3.05, 3.63) is 72.3 Å². The third-order valence-corrected chi connectivity index (χ3v) is 4.69. The number of hydrazine groups is 1. The van der Waals surface area contributed by atoms with Crippen LogP contribution in [0.5, 0.6) is 5.75 Å². The van der Waals surface area contributed by atoms with Crippen molar-refractivity contribution in [2.24, 2.45) is 0 Å². The van der Waals surface area contributed by atoms with Crippen LogP contribution < -0.4 is 15.2 Å². The molecule has 1 aromatic carbocycles. The zero-order valence-electron chi connectivity index (χ0n) is 14.5. The Labute approximate surface area is 162 Å². The molecule has 0 aliphatic carbocycles. The Balaban J connectivity index is 1.54. The number of alkyl halides is 3. The molecule has 10 heteroatoms. The molecule has 28 heavy (non-hydrogen) atoms. The van der Waals surface area contributed by atoms with Gasteiger partial charge in [0.2, 0.25) is 0 Å². The highest BCUT2D eigenvalue weighted by molar-refractivity contribution is 7.08. The fourth-order valence-electron chi connectivity index (χ4n) is 2.66. The number of halogens is 3. The van der Waals surface area contributed by atoms with E-state index >= 15 is 0 Å². The molecule has 3 aromatic rings. The molecular weight excluding hydrogens is 391 g/mol. The van der Waals surface area contributed by atoms with E-state index in [1.54, 1.807) is 22.1 Å². The Morgan fingerprint density at radius 3 is 2.61 bits per heavy atom. The summed E-state index contributed by atoms with van der Waals surface area (Å²) in [4.78, 5) is 0. The average molecular weight is 405 g/mol. The van der Waals surface area contributed by atoms with Crippen molar-refractivity contribution in [2.45, 2.75) is 13.3 Å². The number of aryl methyl sites for hydroxylation is 1. The molecule has 144 valence electrons. The molecule has 6 nitrogen and oxygen atoms in total. The summed E-state index contributed by atoms with van der Waals surface area (Å²) in [5.74, 6) is -0.272. The second-order valence-corrected chi connectivity index (χ2v) is 6.66. The van der Waals surface area contributed by atoms with Crippen molar-refractivity contribution in [3.8, 4) is 10.8 Å². The lowest BCUT2D eigenvalue weighted by Gasteiger charge is -2.27. The predicted molar refractivity (Wildman–Crippen MR) is 99.8 cm³/mol. The SMILES string of the molecule is Cc1cc(-n2nccc2C2=CC=CN(c3ccc(OC(F)(F)F)cc3)N2)sn1. The maximum Gasteiger partial charge on any atom is 0.573 e. The number of aromatic nitrogens is 3. The summed E-state index contributed by atoms with van der Waals surface area (Å²) >= 11 is 1.35. The van der Waals surface area contributed by atoms with Gasteiger partial charge in [-0.2, -0.15) is 9.47 Å². The van der Waals surface area contributed by atoms with E-state index in [1.165, 1.54) is 35.8 Å². The first-order chi connectivity index (χ1) is 13.4. The molecule has 0 unspecified atom stereocenters. The van der Waals surface area contributed by atoms with Crippen molar-refractivity contribution >= 4 is 22.9 Å². The van der Waals surface area contributed by atoms with E-state index in [4.69, 9.17) is 0 Å². The fraction of sp³-hybridized carbons (Fsp3) is 0.111. The van der Waals surface area contributed by atoms with Gasteiger partial charge in [-0.3, -0.25) is 10.4 Å². The Morgan fingerprint density at radius 2 is 1.93 bits per heavy atom. The Kier molecular flexibility index (Phi) is 4.55. The van der Waals surface area contributed by atoms with Gasteiger partial charge in [-0.05, 0) is 67.0 Å². The Hall–Kier alpha value is -3.27. The third-order valence-electron chi connectivity index (χ3n) is 3.83. The first-order valence-electron chi connectivity index (χ1n) is 8.17. The zero-order valence-corrected chi connectivity index (χ0v) is 15.3. The summed E-state index contributed by atoms with van der Waals surface area (Å²) in [5.41, 5.74) is 6.39. The van der Waals surface area contributed by atoms with E-state index < -0.39 is 6.36 Å². The first kappa shape index (κ1) is 18.1. The summed E-state index contributed by atoms with van der Waals surface area (Å²) in [7, 11) is 0. The second-order valence-electron chi connectivity index (χ2n) is 5.88. The van der Waals surface area contributed by atoms with Crippen molar-refractivity contribution in [2.75, 3.05) is 5.01 Å². The van der Waals surface area contributed by atoms with Gasteiger partial charge in [0.25, 0.3) is 0 Å². The quantitative estimate of drug-likeness (QED) is 0.697. The molecule has 0 fully saturated rings. The van der Waals surface area contributed by atoms with Gasteiger partial charge in [0.05, 0.1) is 29.0 Å². The van der Waals surface area contributed by atoms with Gasteiger partial charge in [0.15, 0.2) is 0 Å². The van der Waals surface area contributed by atoms with Crippen LogP contribution in [0, 0.1) is 6.92 Å². The molecule has 1 N–H and O–H groups in total. The van der Waals surface area contributed by atoms with Crippen LogP contribution in [0.1, 0.15) is 11.4 Å². The van der Waals surface area contributed by atoms with Crippen molar-refractivity contribution in [3.63, 3.8) is 0 Å². The molecule has 3 heterocycles. The van der Waals surface area contributed by atoms with E-state index in [2.05, 4.69) is 19.6 Å². The molecule has 1 aliphatic rings. The average Bonchev–Trinajstić information content (AvgIpc) is 3.30. The maximum absolute atomic E-state index is 12.3. The van der Waals surface area contributed by atoms with Gasteiger partial charge in [-0.25, -0.2) is 4.68 Å². The third kappa shape index (κ3) is 3.86. The lowest BCUT2D eigenvalue weighted by molar-refractivity contribution is -0.274. The van der Waals surface area contributed by atoms with Crippen molar-refractivity contribution in [1.29, 1.82) is 0 Å². The van der Waals surface area contributed by atoms with E-state index in [1.807, 2.05) is 31.2 Å². The summed E-state index contributed by atoms with van der Waals surface area (Å²) in [6.45, 7) is 1.91. The summed E-state index contributed by atoms with van der Waals surface area (Å²) in [6.07, 6.45) is 2.47. The molecule has 1 aliphatic heterocycles. The number of ether oxygens (including phenoxy) is 1. The molecule has 0 saturated heterocycles. The normalized spacial score (nSPS) is 14.0. The van der Waals surface area contributed by atoms with E-state index in [-0.39, 0.29) is 5.75 Å². The number of nitrogens with one attached hydrogen (secondary N) is 1. The lowest BCUT2D eigenvalue weighted by atomic mass is 10.2. The minimum atomic E-state index is -4.71. The van der Waals surface area contributed by atoms with Gasteiger partial charge in [0.1, 0.15) is 10.8 Å². The van der Waals surface area contributed by atoms with E-state index in [9.17, 15) is 13.2 Å². The predicted octanol–water partition coefficient (Wildman–Crippen LogP) is 4.42. The van der Waals surface area contributed by atoms with Crippen LogP contribution in [-0.2, 0) is 0 Å². The number of allylic oxidation sites excluding steroid dienone is 2. The summed E-state index contributed by atoms with van der Waals surface area (Å²) in [5, 5.41) is 6.94. The van der Waals surface area contributed by atoms with Gasteiger partial charge >= 0.3 is 6.36 Å². The van der Waals surface area contributed by atoms with Gasteiger partial charge in [-0.1, -0.05) is 0 Å². The molecule has 0 spiro atoms. The largest absolute Gasteiger partial charge is 0.573 e. The molecule has 0 saturated carbocycles. The van der Waals surface area contributed by atoms with Gasteiger partial charge < -0.3 is 4.74 Å². The number of anilines is 1. The van der Waals surface area contributed by atoms with Crippen molar-refractivity contribution in [1.82, 2.24) is 19.6 Å². The molecule has 0 amide bonds. The molecule has 4 rings (SSSR count). The maximum atomic E-state index is 12.3. The molecule has 2 aromatic heterocycles. The van der Waals surface area contributed by atoms with Gasteiger partial charge in [-0.15, -0.1) is 13.2 Å². The van der Waals surface area contributed by atoms with E-state index in [0.717, 1.165) is 22.1 Å². The van der Waals surface area contributed by atoms with Crippen LogP contribution in [0.25, 0.3) is 10.7 Å². The van der Waals surface area contributed by atoms with Crippen LogP contribution in [0.4, 0.5) is 18.9 Å². The van der Waals surface area contributed by atoms with Crippen LogP contribution in [-0.4, -0.2) is 20.5 Å². The highest BCUT2D eigenvalue weighted by Gasteiger charge is 2.31. The molecule has 0 atom stereocenters. The van der Waals surface area contributed by atoms with E-state index in [0.29, 0.717) is 5.69 Å². The van der Waals surface area contributed by atoms with Crippen LogP contribution in [0.3, 0.4) is 0 Å². The minimum Gasteiger partial charge on any atom is -0.406 e.